The van der Waals surface area contributed by atoms with Gasteiger partial charge < -0.3 is 5.73 Å². The third-order valence-electron chi connectivity index (χ3n) is 1.49. The first-order valence-electron chi connectivity index (χ1n) is 3.21. The van der Waals surface area contributed by atoms with Crippen molar-refractivity contribution in [2.45, 2.75) is 32.5 Å². The molecular weight excluding hydrogens is 143 g/mol. The third kappa shape index (κ3) is 2.56. The van der Waals surface area contributed by atoms with E-state index in [9.17, 15) is 13.2 Å². The molecule has 0 spiro atoms. The van der Waals surface area contributed by atoms with Crippen LogP contribution in [0.4, 0.5) is 13.2 Å². The molecular formula is C6H12F3N. The largest absolute Gasteiger partial charge is 0.393 e. The number of hydrogen-bond acceptors (Lipinski definition) is 1. The van der Waals surface area contributed by atoms with Crippen molar-refractivity contribution in [3.8, 4) is 0 Å². The Morgan fingerprint density at radius 1 is 1.40 bits per heavy atom. The van der Waals surface area contributed by atoms with Crippen LogP contribution in [0, 0.1) is 5.92 Å². The molecule has 2 unspecified atom stereocenters. The molecule has 2 atom stereocenters. The number of alkyl halides is 3. The van der Waals surface area contributed by atoms with Gasteiger partial charge in [0.05, 0.1) is 5.92 Å². The van der Waals surface area contributed by atoms with Gasteiger partial charge >= 0.3 is 6.18 Å². The molecule has 10 heavy (non-hydrogen) atoms. The average molecular weight is 155 g/mol. The topological polar surface area (TPSA) is 26.0 Å². The zero-order chi connectivity index (χ0) is 8.36. The van der Waals surface area contributed by atoms with Crippen LogP contribution in [-0.2, 0) is 0 Å². The highest BCUT2D eigenvalue weighted by Gasteiger charge is 2.40. The first-order valence-corrected chi connectivity index (χ1v) is 3.21. The lowest BCUT2D eigenvalue weighted by Crippen LogP contribution is -2.37. The lowest BCUT2D eigenvalue weighted by molar-refractivity contribution is -0.179. The Morgan fingerprint density at radius 2 is 1.80 bits per heavy atom. The van der Waals surface area contributed by atoms with Gasteiger partial charge in [0, 0.05) is 6.04 Å². The van der Waals surface area contributed by atoms with E-state index in [2.05, 4.69) is 0 Å². The lowest BCUT2D eigenvalue weighted by Gasteiger charge is -2.21. The lowest BCUT2D eigenvalue weighted by atomic mass is 9.99. The smallest absolute Gasteiger partial charge is 0.327 e. The second kappa shape index (κ2) is 3.23. The Hall–Kier alpha value is -0.250. The van der Waals surface area contributed by atoms with Gasteiger partial charge in [-0.25, -0.2) is 0 Å². The Balaban J connectivity index is 4.07. The highest BCUT2D eigenvalue weighted by Crippen LogP contribution is 2.30. The molecule has 62 valence electrons. The quantitative estimate of drug-likeness (QED) is 0.647. The molecule has 4 heteroatoms. The Labute approximate surface area is 58.4 Å². The van der Waals surface area contributed by atoms with Gasteiger partial charge in [0.2, 0.25) is 0 Å². The molecule has 0 bridgehead atoms. The van der Waals surface area contributed by atoms with Crippen LogP contribution in [0.25, 0.3) is 0 Å². The predicted molar refractivity (Wildman–Crippen MR) is 33.5 cm³/mol. The van der Waals surface area contributed by atoms with E-state index in [0.717, 1.165) is 0 Å². The molecule has 0 amide bonds. The molecule has 0 aliphatic carbocycles. The summed E-state index contributed by atoms with van der Waals surface area (Å²) >= 11 is 0. The van der Waals surface area contributed by atoms with Gasteiger partial charge in [-0.05, 0) is 13.3 Å². The molecule has 0 rings (SSSR count). The summed E-state index contributed by atoms with van der Waals surface area (Å²) in [6, 6.07) is -0.801. The molecule has 0 saturated carbocycles. The van der Waals surface area contributed by atoms with Crippen LogP contribution in [-0.4, -0.2) is 12.2 Å². The van der Waals surface area contributed by atoms with E-state index in [1.165, 1.54) is 13.8 Å². The van der Waals surface area contributed by atoms with Gasteiger partial charge in [0.25, 0.3) is 0 Å². The minimum Gasteiger partial charge on any atom is -0.327 e. The van der Waals surface area contributed by atoms with E-state index in [4.69, 9.17) is 5.73 Å². The van der Waals surface area contributed by atoms with Gasteiger partial charge in [0.15, 0.2) is 0 Å². The zero-order valence-electron chi connectivity index (χ0n) is 6.07. The second-order valence-corrected chi connectivity index (χ2v) is 2.42. The Bertz CT molecular complexity index is 97.7. The van der Waals surface area contributed by atoms with E-state index < -0.39 is 18.1 Å². The van der Waals surface area contributed by atoms with Crippen molar-refractivity contribution in [2.24, 2.45) is 11.7 Å². The average Bonchev–Trinajstić information content (AvgIpc) is 1.60. The molecule has 2 N–H and O–H groups in total. The second-order valence-electron chi connectivity index (χ2n) is 2.42. The van der Waals surface area contributed by atoms with Crippen LogP contribution in [0.3, 0.4) is 0 Å². The zero-order valence-corrected chi connectivity index (χ0v) is 6.07. The van der Waals surface area contributed by atoms with E-state index in [1.54, 1.807) is 0 Å². The van der Waals surface area contributed by atoms with Gasteiger partial charge in [-0.2, -0.15) is 13.2 Å². The maximum Gasteiger partial charge on any atom is 0.393 e. The predicted octanol–water partition coefficient (Wildman–Crippen LogP) is 1.92. The van der Waals surface area contributed by atoms with Gasteiger partial charge in [0.1, 0.15) is 0 Å². The van der Waals surface area contributed by atoms with Crippen LogP contribution in [0.15, 0.2) is 0 Å². The van der Waals surface area contributed by atoms with Crippen molar-refractivity contribution < 1.29 is 13.2 Å². The molecule has 0 saturated heterocycles. The summed E-state index contributed by atoms with van der Waals surface area (Å²) in [5.74, 6) is -1.35. The molecule has 0 heterocycles. The van der Waals surface area contributed by atoms with Crippen LogP contribution < -0.4 is 5.73 Å². The molecule has 0 radical (unpaired) electrons. The van der Waals surface area contributed by atoms with E-state index in [0.29, 0.717) is 0 Å². The van der Waals surface area contributed by atoms with Crippen molar-refractivity contribution in [1.29, 1.82) is 0 Å². The standard InChI is InChI=1S/C6H12F3N/c1-3-5(4(2)10)6(7,8)9/h4-5H,3,10H2,1-2H3. The fourth-order valence-electron chi connectivity index (χ4n) is 0.901. The monoisotopic (exact) mass is 155 g/mol. The van der Waals surface area contributed by atoms with Crippen molar-refractivity contribution in [2.75, 3.05) is 0 Å². The summed E-state index contributed by atoms with van der Waals surface area (Å²) < 4.78 is 35.7. The molecule has 0 aromatic heterocycles. The maximum absolute atomic E-state index is 11.9. The normalized spacial score (nSPS) is 18.6. The summed E-state index contributed by atoms with van der Waals surface area (Å²) in [6.45, 7) is 2.86. The van der Waals surface area contributed by atoms with E-state index >= 15 is 0 Å². The number of hydrogen-bond donors (Lipinski definition) is 1. The van der Waals surface area contributed by atoms with Crippen molar-refractivity contribution in [1.82, 2.24) is 0 Å². The highest BCUT2D eigenvalue weighted by molar-refractivity contribution is 4.73. The first kappa shape index (κ1) is 9.75. The van der Waals surface area contributed by atoms with Crippen molar-refractivity contribution >= 4 is 0 Å². The number of halogens is 3. The van der Waals surface area contributed by atoms with Crippen LogP contribution >= 0.6 is 0 Å². The maximum atomic E-state index is 11.9. The Morgan fingerprint density at radius 3 is 1.80 bits per heavy atom. The molecule has 0 aliphatic rings. The summed E-state index contributed by atoms with van der Waals surface area (Å²) in [5, 5.41) is 0. The molecule has 0 fully saturated rings. The molecule has 0 aromatic rings. The van der Waals surface area contributed by atoms with Crippen molar-refractivity contribution in [3.63, 3.8) is 0 Å². The van der Waals surface area contributed by atoms with Crippen LogP contribution in [0.1, 0.15) is 20.3 Å². The highest BCUT2D eigenvalue weighted by atomic mass is 19.4. The fraction of sp³-hybridized carbons (Fsp3) is 1.00. The third-order valence-corrected chi connectivity index (χ3v) is 1.49. The summed E-state index contributed by atoms with van der Waals surface area (Å²) in [7, 11) is 0. The summed E-state index contributed by atoms with van der Waals surface area (Å²) in [4.78, 5) is 0. The van der Waals surface area contributed by atoms with Crippen molar-refractivity contribution in [3.05, 3.63) is 0 Å². The molecule has 0 aromatic carbocycles. The first-order chi connectivity index (χ1) is 4.39. The number of nitrogens with two attached hydrogens (primary N) is 1. The van der Waals surface area contributed by atoms with Crippen LogP contribution in [0.5, 0.6) is 0 Å². The summed E-state index contributed by atoms with van der Waals surface area (Å²) in [5.41, 5.74) is 5.11. The van der Waals surface area contributed by atoms with Crippen LogP contribution in [0.2, 0.25) is 0 Å². The summed E-state index contributed by atoms with van der Waals surface area (Å²) in [6.07, 6.45) is -4.08. The fourth-order valence-corrected chi connectivity index (χ4v) is 0.901. The SMILES string of the molecule is CCC(C(C)N)C(F)(F)F. The number of rotatable bonds is 2. The van der Waals surface area contributed by atoms with Gasteiger partial charge in [-0.15, -0.1) is 0 Å². The molecule has 1 nitrogen and oxygen atoms in total. The van der Waals surface area contributed by atoms with E-state index in [1.807, 2.05) is 0 Å². The Kier molecular flexibility index (Phi) is 3.15. The van der Waals surface area contributed by atoms with E-state index in [-0.39, 0.29) is 6.42 Å². The van der Waals surface area contributed by atoms with Gasteiger partial charge in [-0.3, -0.25) is 0 Å². The molecule has 0 aliphatic heterocycles. The minimum absolute atomic E-state index is 0.0567. The van der Waals surface area contributed by atoms with Gasteiger partial charge in [-0.1, -0.05) is 6.92 Å². The minimum atomic E-state index is -4.14.